The zero-order valence-corrected chi connectivity index (χ0v) is 12.0. The Hall–Kier alpha value is -1.36. The summed E-state index contributed by atoms with van der Waals surface area (Å²) in [6.45, 7) is 3.99. The second kappa shape index (κ2) is 6.54. The molecule has 4 nitrogen and oxygen atoms in total. The molecule has 0 aliphatic heterocycles. The lowest BCUT2D eigenvalue weighted by Gasteiger charge is -2.20. The number of hydrogen-bond acceptors (Lipinski definition) is 2. The van der Waals surface area contributed by atoms with Crippen LogP contribution in [0.3, 0.4) is 0 Å². The summed E-state index contributed by atoms with van der Waals surface area (Å²) in [6, 6.07) is 5.26. The largest absolute Gasteiger partial charge is 0.480 e. The van der Waals surface area contributed by atoms with E-state index in [4.69, 9.17) is 5.11 Å². The first-order chi connectivity index (χ1) is 8.45. The molecule has 0 radical (unpaired) electrons. The van der Waals surface area contributed by atoms with E-state index in [2.05, 4.69) is 15.9 Å². The van der Waals surface area contributed by atoms with E-state index >= 15 is 0 Å². The fourth-order valence-corrected chi connectivity index (χ4v) is 1.89. The van der Waals surface area contributed by atoms with Gasteiger partial charge in [0.1, 0.15) is 6.54 Å². The number of carboxylic acids is 1. The molecular formula is C13H16BrNO3. The predicted octanol–water partition coefficient (Wildman–Crippen LogP) is 2.69. The van der Waals surface area contributed by atoms with Crippen molar-refractivity contribution in [3.8, 4) is 0 Å². The molecule has 1 aromatic rings. The highest BCUT2D eigenvalue weighted by Crippen LogP contribution is 2.18. The Balaban J connectivity index is 2.93. The molecule has 0 unspecified atom stereocenters. The van der Waals surface area contributed by atoms with Crippen molar-refractivity contribution in [2.75, 3.05) is 13.1 Å². The maximum absolute atomic E-state index is 12.2. The Morgan fingerprint density at radius 3 is 2.56 bits per heavy atom. The lowest BCUT2D eigenvalue weighted by Crippen LogP contribution is -2.36. The third-order valence-electron chi connectivity index (χ3n) is 2.51. The van der Waals surface area contributed by atoms with Gasteiger partial charge in [-0.05, 0) is 37.1 Å². The zero-order chi connectivity index (χ0) is 13.7. The molecule has 0 spiro atoms. The van der Waals surface area contributed by atoms with E-state index in [0.717, 1.165) is 16.5 Å². The quantitative estimate of drug-likeness (QED) is 0.909. The molecular weight excluding hydrogens is 298 g/mol. The Bertz CT molecular complexity index is 460. The first-order valence-corrected chi connectivity index (χ1v) is 6.52. The fraction of sp³-hybridized carbons (Fsp3) is 0.385. The summed E-state index contributed by atoms with van der Waals surface area (Å²) in [5.74, 6) is -1.24. The van der Waals surface area contributed by atoms with Crippen molar-refractivity contribution < 1.29 is 14.7 Å². The number of aliphatic carboxylic acids is 1. The minimum absolute atomic E-state index is 0.241. The van der Waals surface area contributed by atoms with Gasteiger partial charge < -0.3 is 10.0 Å². The molecule has 0 atom stereocenters. The van der Waals surface area contributed by atoms with Gasteiger partial charge in [-0.2, -0.15) is 0 Å². The van der Waals surface area contributed by atoms with Crippen LogP contribution in [0.1, 0.15) is 29.3 Å². The van der Waals surface area contributed by atoms with Crippen molar-refractivity contribution in [1.29, 1.82) is 0 Å². The van der Waals surface area contributed by atoms with Gasteiger partial charge in [-0.15, -0.1) is 0 Å². The number of rotatable bonds is 5. The van der Waals surface area contributed by atoms with E-state index in [-0.39, 0.29) is 12.5 Å². The van der Waals surface area contributed by atoms with Crippen molar-refractivity contribution >= 4 is 27.8 Å². The summed E-state index contributed by atoms with van der Waals surface area (Å²) < 4.78 is 0.930. The van der Waals surface area contributed by atoms with Crippen LogP contribution in [0.15, 0.2) is 22.7 Å². The average Bonchev–Trinajstić information content (AvgIpc) is 2.31. The minimum Gasteiger partial charge on any atom is -0.480 e. The maximum atomic E-state index is 12.2. The predicted molar refractivity (Wildman–Crippen MR) is 72.7 cm³/mol. The monoisotopic (exact) mass is 313 g/mol. The van der Waals surface area contributed by atoms with Gasteiger partial charge in [0.2, 0.25) is 0 Å². The molecule has 18 heavy (non-hydrogen) atoms. The van der Waals surface area contributed by atoms with E-state index in [1.807, 2.05) is 13.8 Å². The van der Waals surface area contributed by atoms with Gasteiger partial charge in [-0.3, -0.25) is 9.59 Å². The molecule has 5 heteroatoms. The highest BCUT2D eigenvalue weighted by atomic mass is 79.9. The number of amides is 1. The molecule has 0 fully saturated rings. The standard InChI is InChI=1S/C13H16BrNO3/c1-3-6-15(8-12(16)17)13(18)10-4-5-11(14)9(2)7-10/h4-5,7H,3,6,8H2,1-2H3,(H,16,17). The molecule has 1 aromatic carbocycles. The second-order valence-electron chi connectivity index (χ2n) is 4.08. The number of carbonyl (C=O) groups is 2. The van der Waals surface area contributed by atoms with Crippen LogP contribution in [0, 0.1) is 6.92 Å². The molecule has 0 saturated heterocycles. The van der Waals surface area contributed by atoms with Crippen LogP contribution < -0.4 is 0 Å². The summed E-state index contributed by atoms with van der Waals surface area (Å²) in [6.07, 6.45) is 0.731. The minimum atomic E-state index is -0.995. The van der Waals surface area contributed by atoms with Crippen molar-refractivity contribution in [2.24, 2.45) is 0 Å². The SMILES string of the molecule is CCCN(CC(=O)O)C(=O)c1ccc(Br)c(C)c1. The smallest absolute Gasteiger partial charge is 0.323 e. The number of halogens is 1. The van der Waals surface area contributed by atoms with Gasteiger partial charge in [0, 0.05) is 16.6 Å². The Labute approximate surface area is 115 Å². The number of nitrogens with zero attached hydrogens (tertiary/aromatic N) is 1. The maximum Gasteiger partial charge on any atom is 0.323 e. The van der Waals surface area contributed by atoms with E-state index in [0.29, 0.717) is 12.1 Å². The highest BCUT2D eigenvalue weighted by molar-refractivity contribution is 9.10. The third kappa shape index (κ3) is 3.84. The molecule has 0 aliphatic rings. The van der Waals surface area contributed by atoms with Crippen LogP contribution >= 0.6 is 15.9 Å². The van der Waals surface area contributed by atoms with Crippen LogP contribution in [0.25, 0.3) is 0 Å². The lowest BCUT2D eigenvalue weighted by molar-refractivity contribution is -0.137. The highest BCUT2D eigenvalue weighted by Gasteiger charge is 2.18. The van der Waals surface area contributed by atoms with Crippen molar-refractivity contribution in [3.05, 3.63) is 33.8 Å². The summed E-state index contributed by atoms with van der Waals surface area (Å²) >= 11 is 3.37. The Morgan fingerprint density at radius 2 is 2.06 bits per heavy atom. The van der Waals surface area contributed by atoms with E-state index in [1.54, 1.807) is 18.2 Å². The zero-order valence-electron chi connectivity index (χ0n) is 10.4. The Kier molecular flexibility index (Phi) is 5.34. The molecule has 1 amide bonds. The number of hydrogen-bond donors (Lipinski definition) is 1. The van der Waals surface area contributed by atoms with Crippen molar-refractivity contribution in [1.82, 2.24) is 4.90 Å². The first-order valence-electron chi connectivity index (χ1n) is 5.73. The van der Waals surface area contributed by atoms with E-state index in [9.17, 15) is 9.59 Å². The summed E-state index contributed by atoms with van der Waals surface area (Å²) in [5, 5.41) is 8.80. The van der Waals surface area contributed by atoms with E-state index in [1.165, 1.54) is 4.90 Å². The molecule has 1 rings (SSSR count). The topological polar surface area (TPSA) is 57.6 Å². The molecule has 98 valence electrons. The average molecular weight is 314 g/mol. The number of aryl methyl sites for hydroxylation is 1. The van der Waals surface area contributed by atoms with Gasteiger partial charge in [0.25, 0.3) is 5.91 Å². The summed E-state index contributed by atoms with van der Waals surface area (Å²) in [7, 11) is 0. The van der Waals surface area contributed by atoms with Gasteiger partial charge >= 0.3 is 5.97 Å². The van der Waals surface area contributed by atoms with Crippen LogP contribution in [-0.4, -0.2) is 35.0 Å². The van der Waals surface area contributed by atoms with Gasteiger partial charge in [-0.1, -0.05) is 22.9 Å². The molecule has 0 aromatic heterocycles. The second-order valence-corrected chi connectivity index (χ2v) is 4.94. The normalized spacial score (nSPS) is 10.2. The fourth-order valence-electron chi connectivity index (χ4n) is 1.65. The number of benzene rings is 1. The number of carbonyl (C=O) groups excluding carboxylic acids is 1. The molecule has 0 saturated carbocycles. The first kappa shape index (κ1) is 14.7. The molecule has 1 N–H and O–H groups in total. The molecule has 0 bridgehead atoms. The van der Waals surface area contributed by atoms with Crippen LogP contribution in [0.2, 0.25) is 0 Å². The lowest BCUT2D eigenvalue weighted by atomic mass is 10.1. The summed E-state index contributed by atoms with van der Waals surface area (Å²) in [5.41, 5.74) is 1.47. The van der Waals surface area contributed by atoms with Crippen LogP contribution in [0.5, 0.6) is 0 Å². The van der Waals surface area contributed by atoms with Crippen LogP contribution in [-0.2, 0) is 4.79 Å². The van der Waals surface area contributed by atoms with Gasteiger partial charge in [0.15, 0.2) is 0 Å². The molecule has 0 aliphatic carbocycles. The van der Waals surface area contributed by atoms with Crippen molar-refractivity contribution in [2.45, 2.75) is 20.3 Å². The van der Waals surface area contributed by atoms with Crippen molar-refractivity contribution in [3.63, 3.8) is 0 Å². The summed E-state index contributed by atoms with van der Waals surface area (Å²) in [4.78, 5) is 24.3. The van der Waals surface area contributed by atoms with E-state index < -0.39 is 5.97 Å². The third-order valence-corrected chi connectivity index (χ3v) is 3.40. The number of carboxylic acid groups (broad SMARTS) is 1. The van der Waals surface area contributed by atoms with Crippen LogP contribution in [0.4, 0.5) is 0 Å². The van der Waals surface area contributed by atoms with Gasteiger partial charge in [-0.25, -0.2) is 0 Å². The van der Waals surface area contributed by atoms with Gasteiger partial charge in [0.05, 0.1) is 0 Å². The molecule has 0 heterocycles. The Morgan fingerprint density at radius 1 is 1.39 bits per heavy atom.